The lowest BCUT2D eigenvalue weighted by atomic mass is 10.2. The summed E-state index contributed by atoms with van der Waals surface area (Å²) in [5, 5.41) is 11.8. The van der Waals surface area contributed by atoms with Gasteiger partial charge in [-0.2, -0.15) is 0 Å². The van der Waals surface area contributed by atoms with Crippen LogP contribution < -0.4 is 10.1 Å². The maximum absolute atomic E-state index is 13.7. The number of halogens is 1. The zero-order valence-electron chi connectivity index (χ0n) is 17.4. The number of aromatic nitrogens is 3. The van der Waals surface area contributed by atoms with Crippen molar-refractivity contribution < 1.29 is 13.9 Å². The molecule has 2 aromatic carbocycles. The molecule has 3 aromatic rings. The summed E-state index contributed by atoms with van der Waals surface area (Å²) in [6.45, 7) is 2.67. The topological polar surface area (TPSA) is 69.0 Å². The molecule has 1 N–H and O–H groups in total. The molecule has 1 aliphatic carbocycles. The first-order valence-corrected chi connectivity index (χ1v) is 11.5. The summed E-state index contributed by atoms with van der Waals surface area (Å²) in [5.74, 6) is 0.973. The van der Waals surface area contributed by atoms with Gasteiger partial charge < -0.3 is 14.6 Å². The summed E-state index contributed by atoms with van der Waals surface area (Å²) < 4.78 is 21.7. The fraction of sp³-hybridized carbons (Fsp3) is 0.348. The van der Waals surface area contributed by atoms with Gasteiger partial charge in [0.1, 0.15) is 11.6 Å². The van der Waals surface area contributed by atoms with Crippen LogP contribution in [-0.4, -0.2) is 32.5 Å². The van der Waals surface area contributed by atoms with Gasteiger partial charge in [0.2, 0.25) is 5.91 Å². The molecule has 1 aliphatic rings. The Balaban J connectivity index is 1.40. The molecule has 6 nitrogen and oxygen atoms in total. The standard InChI is InChI=1S/C23H25FN4O2S/c1-2-28-22(16-11-13-18(14-12-16)30-17-7-3-4-8-17)26-27-23(28)31-15-21(29)25-20-10-6-5-9-19(20)24/h5-6,9-14,17H,2-4,7-8,15H2,1H3,(H,25,29). The molecule has 1 amide bonds. The minimum Gasteiger partial charge on any atom is -0.490 e. The molecule has 0 spiro atoms. The number of ether oxygens (including phenoxy) is 1. The van der Waals surface area contributed by atoms with E-state index in [1.807, 2.05) is 35.8 Å². The van der Waals surface area contributed by atoms with Crippen LogP contribution in [0.25, 0.3) is 11.4 Å². The van der Waals surface area contributed by atoms with Gasteiger partial charge in [0, 0.05) is 12.1 Å². The number of nitrogens with zero attached hydrogens (tertiary/aromatic N) is 3. The third kappa shape index (κ3) is 5.25. The summed E-state index contributed by atoms with van der Waals surface area (Å²) >= 11 is 1.27. The van der Waals surface area contributed by atoms with Gasteiger partial charge in [0.05, 0.1) is 17.5 Å². The Morgan fingerprint density at radius 1 is 1.16 bits per heavy atom. The van der Waals surface area contributed by atoms with Crippen molar-refractivity contribution in [3.05, 3.63) is 54.3 Å². The highest BCUT2D eigenvalue weighted by Gasteiger charge is 2.18. The summed E-state index contributed by atoms with van der Waals surface area (Å²) in [4.78, 5) is 12.2. The van der Waals surface area contributed by atoms with Gasteiger partial charge in [-0.15, -0.1) is 10.2 Å². The number of benzene rings is 2. The zero-order valence-corrected chi connectivity index (χ0v) is 18.2. The zero-order chi connectivity index (χ0) is 21.6. The van der Waals surface area contributed by atoms with E-state index in [4.69, 9.17) is 4.74 Å². The minimum absolute atomic E-state index is 0.112. The molecule has 8 heteroatoms. The summed E-state index contributed by atoms with van der Waals surface area (Å²) in [6.07, 6.45) is 5.04. The van der Waals surface area contributed by atoms with Crippen LogP contribution in [0.1, 0.15) is 32.6 Å². The summed E-state index contributed by atoms with van der Waals surface area (Å²) in [7, 11) is 0. The Bertz CT molecular complexity index is 1030. The average molecular weight is 441 g/mol. The van der Waals surface area contributed by atoms with Crippen molar-refractivity contribution in [2.75, 3.05) is 11.1 Å². The van der Waals surface area contributed by atoms with E-state index in [9.17, 15) is 9.18 Å². The van der Waals surface area contributed by atoms with Crippen molar-refractivity contribution in [3.63, 3.8) is 0 Å². The first-order chi connectivity index (χ1) is 15.1. The van der Waals surface area contributed by atoms with Crippen molar-refractivity contribution in [1.82, 2.24) is 14.8 Å². The quantitative estimate of drug-likeness (QED) is 0.490. The first-order valence-electron chi connectivity index (χ1n) is 10.5. The second kappa shape index (κ2) is 9.96. The van der Waals surface area contributed by atoms with E-state index < -0.39 is 5.82 Å². The average Bonchev–Trinajstić information content (AvgIpc) is 3.44. The lowest BCUT2D eigenvalue weighted by molar-refractivity contribution is -0.113. The molecule has 0 radical (unpaired) electrons. The number of para-hydroxylation sites is 1. The number of anilines is 1. The minimum atomic E-state index is -0.458. The van der Waals surface area contributed by atoms with Crippen LogP contribution in [-0.2, 0) is 11.3 Å². The van der Waals surface area contributed by atoms with Crippen molar-refractivity contribution in [2.24, 2.45) is 0 Å². The summed E-state index contributed by atoms with van der Waals surface area (Å²) in [6, 6.07) is 14.0. The molecule has 1 aromatic heterocycles. The van der Waals surface area contributed by atoms with E-state index in [0.717, 1.165) is 30.0 Å². The van der Waals surface area contributed by atoms with Crippen molar-refractivity contribution in [1.29, 1.82) is 0 Å². The van der Waals surface area contributed by atoms with E-state index >= 15 is 0 Å². The Hall–Kier alpha value is -2.87. The second-order valence-corrected chi connectivity index (χ2v) is 8.36. The molecule has 1 heterocycles. The largest absolute Gasteiger partial charge is 0.490 e. The molecule has 1 saturated carbocycles. The maximum atomic E-state index is 13.7. The van der Waals surface area contributed by atoms with Crippen molar-refractivity contribution >= 4 is 23.4 Å². The highest BCUT2D eigenvalue weighted by molar-refractivity contribution is 7.99. The predicted molar refractivity (Wildman–Crippen MR) is 120 cm³/mol. The van der Waals surface area contributed by atoms with Crippen LogP contribution in [0.2, 0.25) is 0 Å². The van der Waals surface area contributed by atoms with Gasteiger partial charge in [-0.3, -0.25) is 4.79 Å². The molecule has 0 atom stereocenters. The van der Waals surface area contributed by atoms with E-state index in [1.165, 1.54) is 36.7 Å². The van der Waals surface area contributed by atoms with Crippen LogP contribution in [0.4, 0.5) is 10.1 Å². The number of carbonyl (C=O) groups is 1. The SMILES string of the molecule is CCn1c(SCC(=O)Nc2ccccc2F)nnc1-c1ccc(OC2CCCC2)cc1. The van der Waals surface area contributed by atoms with E-state index in [2.05, 4.69) is 15.5 Å². The van der Waals surface area contributed by atoms with Gasteiger partial charge in [-0.1, -0.05) is 23.9 Å². The van der Waals surface area contributed by atoms with E-state index in [0.29, 0.717) is 17.8 Å². The summed E-state index contributed by atoms with van der Waals surface area (Å²) in [5.41, 5.74) is 1.11. The van der Waals surface area contributed by atoms with E-state index in [-0.39, 0.29) is 17.3 Å². The Kier molecular flexibility index (Phi) is 6.86. The highest BCUT2D eigenvalue weighted by atomic mass is 32.2. The number of hydrogen-bond acceptors (Lipinski definition) is 5. The molecule has 162 valence electrons. The number of nitrogens with one attached hydrogen (secondary N) is 1. The predicted octanol–water partition coefficient (Wildman–Crippen LogP) is 5.16. The Labute approximate surface area is 185 Å². The van der Waals surface area contributed by atoms with Crippen LogP contribution in [0.3, 0.4) is 0 Å². The van der Waals surface area contributed by atoms with Gasteiger partial charge >= 0.3 is 0 Å². The molecular weight excluding hydrogens is 415 g/mol. The number of thioether (sulfide) groups is 1. The van der Waals surface area contributed by atoms with Gasteiger partial charge in [-0.05, 0) is 69.0 Å². The second-order valence-electron chi connectivity index (χ2n) is 7.42. The fourth-order valence-electron chi connectivity index (χ4n) is 3.65. The highest BCUT2D eigenvalue weighted by Crippen LogP contribution is 2.28. The van der Waals surface area contributed by atoms with Gasteiger partial charge in [0.25, 0.3) is 0 Å². The molecule has 0 aliphatic heterocycles. The molecular formula is C23H25FN4O2S. The number of amides is 1. The normalized spacial score (nSPS) is 14.0. The van der Waals surface area contributed by atoms with Crippen LogP contribution in [0, 0.1) is 5.82 Å². The third-order valence-corrected chi connectivity index (χ3v) is 6.20. The van der Waals surface area contributed by atoms with Crippen molar-refractivity contribution in [2.45, 2.75) is 50.4 Å². The fourth-order valence-corrected chi connectivity index (χ4v) is 4.46. The van der Waals surface area contributed by atoms with Crippen molar-refractivity contribution in [3.8, 4) is 17.1 Å². The lowest BCUT2D eigenvalue weighted by Crippen LogP contribution is -2.15. The Morgan fingerprint density at radius 2 is 1.90 bits per heavy atom. The first kappa shape index (κ1) is 21.4. The van der Waals surface area contributed by atoms with E-state index in [1.54, 1.807) is 12.1 Å². The lowest BCUT2D eigenvalue weighted by Gasteiger charge is -2.13. The van der Waals surface area contributed by atoms with Gasteiger partial charge in [0.15, 0.2) is 11.0 Å². The molecule has 0 unspecified atom stereocenters. The molecule has 0 saturated heterocycles. The molecule has 1 fully saturated rings. The number of rotatable bonds is 8. The van der Waals surface area contributed by atoms with Crippen LogP contribution in [0.15, 0.2) is 53.7 Å². The Morgan fingerprint density at radius 3 is 2.61 bits per heavy atom. The van der Waals surface area contributed by atoms with Crippen LogP contribution in [0.5, 0.6) is 5.75 Å². The number of carbonyl (C=O) groups excluding carboxylic acids is 1. The maximum Gasteiger partial charge on any atom is 0.234 e. The third-order valence-electron chi connectivity index (χ3n) is 5.23. The molecule has 31 heavy (non-hydrogen) atoms. The molecule has 0 bridgehead atoms. The monoisotopic (exact) mass is 440 g/mol. The van der Waals surface area contributed by atoms with Crippen LogP contribution >= 0.6 is 11.8 Å². The van der Waals surface area contributed by atoms with Gasteiger partial charge in [-0.25, -0.2) is 4.39 Å². The smallest absolute Gasteiger partial charge is 0.234 e. The number of hydrogen-bond donors (Lipinski definition) is 1. The molecule has 4 rings (SSSR count).